The van der Waals surface area contributed by atoms with E-state index in [0.717, 1.165) is 18.6 Å². The molecule has 0 bridgehead atoms. The van der Waals surface area contributed by atoms with E-state index in [1.54, 1.807) is 0 Å². The average molecular weight is 325 g/mol. The van der Waals surface area contributed by atoms with Crippen molar-refractivity contribution >= 4 is 0 Å². The van der Waals surface area contributed by atoms with Crippen molar-refractivity contribution < 1.29 is 4.74 Å². The van der Waals surface area contributed by atoms with E-state index in [1.807, 2.05) is 0 Å². The van der Waals surface area contributed by atoms with Crippen molar-refractivity contribution in [3.63, 3.8) is 0 Å². The molecule has 0 saturated carbocycles. The van der Waals surface area contributed by atoms with Gasteiger partial charge in [-0.15, -0.1) is 0 Å². The summed E-state index contributed by atoms with van der Waals surface area (Å²) in [6.07, 6.45) is 7.44. The van der Waals surface area contributed by atoms with Crippen LogP contribution in [0.2, 0.25) is 0 Å². The van der Waals surface area contributed by atoms with Gasteiger partial charge in [-0.25, -0.2) is 0 Å². The van der Waals surface area contributed by atoms with Crippen molar-refractivity contribution in [1.82, 2.24) is 0 Å². The summed E-state index contributed by atoms with van der Waals surface area (Å²) >= 11 is 0. The van der Waals surface area contributed by atoms with Gasteiger partial charge in [0.1, 0.15) is 5.75 Å². The molecule has 1 heteroatoms. The highest BCUT2D eigenvalue weighted by molar-refractivity contribution is 5.29. The number of aryl methyl sites for hydroxylation is 1. The Morgan fingerprint density at radius 3 is 2.21 bits per heavy atom. The molecule has 0 saturated heterocycles. The summed E-state index contributed by atoms with van der Waals surface area (Å²) in [6.45, 7) is 6.71. The first kappa shape index (κ1) is 18.6. The van der Waals surface area contributed by atoms with E-state index >= 15 is 0 Å². The van der Waals surface area contributed by atoms with E-state index in [1.165, 1.54) is 36.8 Å². The van der Waals surface area contributed by atoms with Crippen molar-refractivity contribution in [3.05, 3.63) is 65.7 Å². The van der Waals surface area contributed by atoms with Crippen LogP contribution in [0.25, 0.3) is 0 Å². The van der Waals surface area contributed by atoms with Gasteiger partial charge in [-0.3, -0.25) is 0 Å². The summed E-state index contributed by atoms with van der Waals surface area (Å²) in [7, 11) is 0. The zero-order valence-corrected chi connectivity index (χ0v) is 15.5. The third-order valence-electron chi connectivity index (χ3n) is 4.77. The Morgan fingerprint density at radius 2 is 1.58 bits per heavy atom. The average Bonchev–Trinajstić information content (AvgIpc) is 2.63. The standard InChI is InChI=1S/C23H32O/c1-4-6-12-21(5-2)22-15-17-23(18-16-22)24-19(3)13-14-20-10-8-7-9-11-20/h7-11,15-19,21H,4-6,12-14H2,1-3H3. The maximum absolute atomic E-state index is 6.09. The van der Waals surface area contributed by atoms with E-state index < -0.39 is 0 Å². The minimum Gasteiger partial charge on any atom is -0.491 e. The van der Waals surface area contributed by atoms with E-state index in [-0.39, 0.29) is 6.10 Å². The van der Waals surface area contributed by atoms with Crippen molar-refractivity contribution in [2.75, 3.05) is 0 Å². The van der Waals surface area contributed by atoms with Crippen molar-refractivity contribution in [3.8, 4) is 5.75 Å². The lowest BCUT2D eigenvalue weighted by Crippen LogP contribution is -2.12. The van der Waals surface area contributed by atoms with Gasteiger partial charge in [0.15, 0.2) is 0 Å². The molecule has 2 rings (SSSR count). The molecular formula is C23H32O. The Labute approximate surface area is 148 Å². The van der Waals surface area contributed by atoms with Crippen LogP contribution in [0, 0.1) is 0 Å². The molecule has 0 aliphatic heterocycles. The third kappa shape index (κ3) is 6.03. The molecule has 2 unspecified atom stereocenters. The van der Waals surface area contributed by atoms with Crippen LogP contribution in [0.5, 0.6) is 5.75 Å². The van der Waals surface area contributed by atoms with Crippen LogP contribution >= 0.6 is 0 Å². The largest absolute Gasteiger partial charge is 0.491 e. The van der Waals surface area contributed by atoms with Gasteiger partial charge in [-0.05, 0) is 61.8 Å². The lowest BCUT2D eigenvalue weighted by Gasteiger charge is -2.18. The Balaban J connectivity index is 1.84. The number of hydrogen-bond donors (Lipinski definition) is 0. The molecule has 0 aliphatic carbocycles. The van der Waals surface area contributed by atoms with Crippen LogP contribution < -0.4 is 4.74 Å². The third-order valence-corrected chi connectivity index (χ3v) is 4.77. The molecule has 24 heavy (non-hydrogen) atoms. The highest BCUT2D eigenvalue weighted by atomic mass is 16.5. The molecule has 2 atom stereocenters. The molecule has 0 aliphatic rings. The first-order valence-electron chi connectivity index (χ1n) is 9.53. The van der Waals surface area contributed by atoms with E-state index in [9.17, 15) is 0 Å². The van der Waals surface area contributed by atoms with Gasteiger partial charge in [-0.1, -0.05) is 69.2 Å². The number of rotatable bonds is 10. The van der Waals surface area contributed by atoms with Crippen LogP contribution in [0.1, 0.15) is 69.9 Å². The summed E-state index contributed by atoms with van der Waals surface area (Å²) < 4.78 is 6.09. The molecular weight excluding hydrogens is 292 g/mol. The fraction of sp³-hybridized carbons (Fsp3) is 0.478. The monoisotopic (exact) mass is 324 g/mol. The lowest BCUT2D eigenvalue weighted by atomic mass is 9.91. The summed E-state index contributed by atoms with van der Waals surface area (Å²) in [6, 6.07) is 19.4. The molecule has 0 fully saturated rings. The predicted octanol–water partition coefficient (Wildman–Crippen LogP) is 6.77. The highest BCUT2D eigenvalue weighted by Crippen LogP contribution is 2.27. The first-order chi connectivity index (χ1) is 11.7. The van der Waals surface area contributed by atoms with Gasteiger partial charge in [0.05, 0.1) is 6.10 Å². The summed E-state index contributed by atoms with van der Waals surface area (Å²) in [5, 5.41) is 0. The Hall–Kier alpha value is -1.76. The highest BCUT2D eigenvalue weighted by Gasteiger charge is 2.10. The van der Waals surface area contributed by atoms with Crippen LogP contribution in [0.3, 0.4) is 0 Å². The summed E-state index contributed by atoms with van der Waals surface area (Å²) in [5.41, 5.74) is 2.83. The second kappa shape index (κ2) is 10.2. The Kier molecular flexibility index (Phi) is 7.88. The molecule has 2 aromatic rings. The number of unbranched alkanes of at least 4 members (excludes halogenated alkanes) is 1. The van der Waals surface area contributed by atoms with Crippen molar-refractivity contribution in [1.29, 1.82) is 0 Å². The molecule has 0 spiro atoms. The molecule has 1 nitrogen and oxygen atoms in total. The van der Waals surface area contributed by atoms with Crippen LogP contribution in [-0.4, -0.2) is 6.10 Å². The van der Waals surface area contributed by atoms with Gasteiger partial charge in [0.2, 0.25) is 0 Å². The van der Waals surface area contributed by atoms with Crippen LogP contribution in [0.4, 0.5) is 0 Å². The molecule has 0 heterocycles. The molecule has 0 N–H and O–H groups in total. The lowest BCUT2D eigenvalue weighted by molar-refractivity contribution is 0.211. The molecule has 0 amide bonds. The topological polar surface area (TPSA) is 9.23 Å². The number of hydrogen-bond acceptors (Lipinski definition) is 1. The Morgan fingerprint density at radius 1 is 0.875 bits per heavy atom. The van der Waals surface area contributed by atoms with Gasteiger partial charge in [0.25, 0.3) is 0 Å². The normalized spacial score (nSPS) is 13.5. The first-order valence-corrected chi connectivity index (χ1v) is 9.53. The van der Waals surface area contributed by atoms with E-state index in [4.69, 9.17) is 4.74 Å². The maximum Gasteiger partial charge on any atom is 0.119 e. The van der Waals surface area contributed by atoms with E-state index in [0.29, 0.717) is 5.92 Å². The maximum atomic E-state index is 6.09. The predicted molar refractivity (Wildman–Crippen MR) is 104 cm³/mol. The second-order valence-electron chi connectivity index (χ2n) is 6.77. The molecule has 2 aromatic carbocycles. The minimum atomic E-state index is 0.234. The zero-order chi connectivity index (χ0) is 17.2. The fourth-order valence-corrected chi connectivity index (χ4v) is 3.18. The molecule has 130 valence electrons. The van der Waals surface area contributed by atoms with Gasteiger partial charge >= 0.3 is 0 Å². The SMILES string of the molecule is CCCCC(CC)c1ccc(OC(C)CCc2ccccc2)cc1. The van der Waals surface area contributed by atoms with Crippen LogP contribution in [-0.2, 0) is 6.42 Å². The van der Waals surface area contributed by atoms with Gasteiger partial charge in [0, 0.05) is 0 Å². The van der Waals surface area contributed by atoms with Gasteiger partial charge in [-0.2, -0.15) is 0 Å². The van der Waals surface area contributed by atoms with Crippen molar-refractivity contribution in [2.24, 2.45) is 0 Å². The summed E-state index contributed by atoms with van der Waals surface area (Å²) in [4.78, 5) is 0. The van der Waals surface area contributed by atoms with Crippen LogP contribution in [0.15, 0.2) is 54.6 Å². The molecule has 0 aromatic heterocycles. The zero-order valence-electron chi connectivity index (χ0n) is 15.5. The van der Waals surface area contributed by atoms with Gasteiger partial charge < -0.3 is 4.74 Å². The second-order valence-corrected chi connectivity index (χ2v) is 6.77. The smallest absolute Gasteiger partial charge is 0.119 e. The van der Waals surface area contributed by atoms with Crippen molar-refractivity contribution in [2.45, 2.75) is 71.3 Å². The quantitative estimate of drug-likeness (QED) is 0.468. The molecule has 0 radical (unpaired) electrons. The fourth-order valence-electron chi connectivity index (χ4n) is 3.18. The number of benzene rings is 2. The summed E-state index contributed by atoms with van der Waals surface area (Å²) in [5.74, 6) is 1.68. The minimum absolute atomic E-state index is 0.234. The Bertz CT molecular complexity index is 558. The number of ether oxygens (including phenoxy) is 1. The van der Waals surface area contributed by atoms with E-state index in [2.05, 4.69) is 75.4 Å².